The van der Waals surface area contributed by atoms with Gasteiger partial charge in [-0.25, -0.2) is 4.98 Å². The van der Waals surface area contributed by atoms with Gasteiger partial charge in [-0.1, -0.05) is 6.42 Å². The van der Waals surface area contributed by atoms with Crippen LogP contribution >= 0.6 is 11.3 Å². The van der Waals surface area contributed by atoms with Gasteiger partial charge in [-0.05, 0) is 19.8 Å². The van der Waals surface area contributed by atoms with Gasteiger partial charge >= 0.3 is 0 Å². The standard InChI is InChI=1S/C11H16N2OS/c1-8-13-7-10(15-8)5-6-12-11(14)9-3-2-4-9/h7,9H,2-6H2,1H3,(H,12,14). The zero-order chi connectivity index (χ0) is 10.7. The molecule has 1 aliphatic carbocycles. The molecule has 0 bridgehead atoms. The molecular weight excluding hydrogens is 208 g/mol. The number of nitrogens with one attached hydrogen (secondary N) is 1. The number of carbonyl (C=O) groups is 1. The summed E-state index contributed by atoms with van der Waals surface area (Å²) in [7, 11) is 0. The summed E-state index contributed by atoms with van der Waals surface area (Å²) in [6, 6.07) is 0. The highest BCUT2D eigenvalue weighted by molar-refractivity contribution is 7.11. The second kappa shape index (κ2) is 4.75. The lowest BCUT2D eigenvalue weighted by Crippen LogP contribution is -2.35. The van der Waals surface area contributed by atoms with Crippen molar-refractivity contribution in [2.24, 2.45) is 5.92 Å². The zero-order valence-corrected chi connectivity index (χ0v) is 9.77. The number of thiazole rings is 1. The Morgan fingerprint density at radius 1 is 1.67 bits per heavy atom. The Hall–Kier alpha value is -0.900. The monoisotopic (exact) mass is 224 g/mol. The van der Waals surface area contributed by atoms with Gasteiger partial charge in [-0.3, -0.25) is 4.79 Å². The molecule has 0 aliphatic heterocycles. The Morgan fingerprint density at radius 3 is 3.00 bits per heavy atom. The van der Waals surface area contributed by atoms with E-state index in [0.29, 0.717) is 5.92 Å². The Morgan fingerprint density at radius 2 is 2.47 bits per heavy atom. The number of hydrogen-bond donors (Lipinski definition) is 1. The average Bonchev–Trinajstić information content (AvgIpc) is 2.48. The number of nitrogens with zero attached hydrogens (tertiary/aromatic N) is 1. The van der Waals surface area contributed by atoms with E-state index in [1.165, 1.54) is 11.3 Å². The molecule has 1 N–H and O–H groups in total. The summed E-state index contributed by atoms with van der Waals surface area (Å²) in [5.74, 6) is 0.538. The molecule has 0 radical (unpaired) electrons. The maximum absolute atomic E-state index is 11.5. The van der Waals surface area contributed by atoms with Gasteiger partial charge in [-0.2, -0.15) is 0 Å². The smallest absolute Gasteiger partial charge is 0.223 e. The van der Waals surface area contributed by atoms with E-state index in [2.05, 4.69) is 10.3 Å². The van der Waals surface area contributed by atoms with Gasteiger partial charge in [0.15, 0.2) is 0 Å². The highest BCUT2D eigenvalue weighted by Gasteiger charge is 2.24. The van der Waals surface area contributed by atoms with Crippen molar-refractivity contribution in [3.63, 3.8) is 0 Å². The first-order valence-electron chi connectivity index (χ1n) is 5.45. The molecule has 1 aliphatic rings. The molecule has 3 nitrogen and oxygen atoms in total. The molecule has 0 atom stereocenters. The summed E-state index contributed by atoms with van der Waals surface area (Å²) in [4.78, 5) is 16.9. The Labute approximate surface area is 93.9 Å². The highest BCUT2D eigenvalue weighted by Crippen LogP contribution is 2.26. The van der Waals surface area contributed by atoms with Crippen LogP contribution in [0.2, 0.25) is 0 Å². The van der Waals surface area contributed by atoms with Gasteiger partial charge in [-0.15, -0.1) is 11.3 Å². The van der Waals surface area contributed by atoms with E-state index < -0.39 is 0 Å². The summed E-state index contributed by atoms with van der Waals surface area (Å²) in [5, 5.41) is 4.08. The van der Waals surface area contributed by atoms with Crippen LogP contribution in [0.5, 0.6) is 0 Å². The quantitative estimate of drug-likeness (QED) is 0.849. The molecule has 4 heteroatoms. The molecule has 0 unspecified atom stereocenters. The van der Waals surface area contributed by atoms with Crippen molar-refractivity contribution >= 4 is 17.2 Å². The average molecular weight is 224 g/mol. The molecule has 82 valence electrons. The van der Waals surface area contributed by atoms with Gasteiger partial charge in [0.05, 0.1) is 5.01 Å². The van der Waals surface area contributed by atoms with Gasteiger partial charge < -0.3 is 5.32 Å². The van der Waals surface area contributed by atoms with Crippen LogP contribution in [0.25, 0.3) is 0 Å². The van der Waals surface area contributed by atoms with E-state index >= 15 is 0 Å². The van der Waals surface area contributed by atoms with E-state index in [9.17, 15) is 4.79 Å². The van der Waals surface area contributed by atoms with Crippen molar-refractivity contribution < 1.29 is 4.79 Å². The molecule has 1 fully saturated rings. The van der Waals surface area contributed by atoms with Crippen molar-refractivity contribution in [2.75, 3.05) is 6.54 Å². The second-order valence-corrected chi connectivity index (χ2v) is 5.33. The van der Waals surface area contributed by atoms with Gasteiger partial charge in [0.1, 0.15) is 0 Å². The minimum Gasteiger partial charge on any atom is -0.356 e. The summed E-state index contributed by atoms with van der Waals surface area (Å²) >= 11 is 1.71. The number of aromatic nitrogens is 1. The lowest BCUT2D eigenvalue weighted by Gasteiger charge is -2.23. The summed E-state index contributed by atoms with van der Waals surface area (Å²) in [6.45, 7) is 2.75. The van der Waals surface area contributed by atoms with Crippen molar-refractivity contribution in [3.05, 3.63) is 16.1 Å². The second-order valence-electron chi connectivity index (χ2n) is 4.01. The number of amides is 1. The minimum atomic E-state index is 0.238. The summed E-state index contributed by atoms with van der Waals surface area (Å²) in [6.07, 6.45) is 6.17. The molecule has 1 amide bonds. The minimum absolute atomic E-state index is 0.238. The molecule has 0 saturated heterocycles. The number of hydrogen-bond acceptors (Lipinski definition) is 3. The third kappa shape index (κ3) is 2.78. The van der Waals surface area contributed by atoms with E-state index in [0.717, 1.165) is 30.8 Å². The lowest BCUT2D eigenvalue weighted by atomic mass is 9.85. The topological polar surface area (TPSA) is 42.0 Å². The first-order valence-corrected chi connectivity index (χ1v) is 6.26. The van der Waals surface area contributed by atoms with Crippen molar-refractivity contribution in [1.82, 2.24) is 10.3 Å². The van der Waals surface area contributed by atoms with Crippen LogP contribution in [0.15, 0.2) is 6.20 Å². The van der Waals surface area contributed by atoms with Crippen LogP contribution in [0, 0.1) is 12.8 Å². The molecule has 1 aromatic rings. The lowest BCUT2D eigenvalue weighted by molar-refractivity contribution is -0.127. The Kier molecular flexibility index (Phi) is 3.36. The van der Waals surface area contributed by atoms with E-state index in [4.69, 9.17) is 0 Å². The van der Waals surface area contributed by atoms with Crippen LogP contribution in [-0.4, -0.2) is 17.4 Å². The number of carbonyl (C=O) groups excluding carboxylic acids is 1. The summed E-state index contributed by atoms with van der Waals surface area (Å²) < 4.78 is 0. The molecule has 0 aromatic carbocycles. The van der Waals surface area contributed by atoms with Crippen molar-refractivity contribution in [1.29, 1.82) is 0 Å². The van der Waals surface area contributed by atoms with Crippen LogP contribution in [0.3, 0.4) is 0 Å². The number of rotatable bonds is 4. The molecule has 1 aromatic heterocycles. The molecule has 1 saturated carbocycles. The van der Waals surface area contributed by atoms with Crippen LogP contribution < -0.4 is 5.32 Å². The maximum atomic E-state index is 11.5. The van der Waals surface area contributed by atoms with Crippen molar-refractivity contribution in [3.8, 4) is 0 Å². The highest BCUT2D eigenvalue weighted by atomic mass is 32.1. The Balaban J connectivity index is 1.68. The third-order valence-electron chi connectivity index (χ3n) is 2.82. The normalized spacial score (nSPS) is 16.1. The first-order chi connectivity index (χ1) is 7.25. The SMILES string of the molecule is Cc1ncc(CCNC(=O)C2CCC2)s1. The fraction of sp³-hybridized carbons (Fsp3) is 0.636. The first kappa shape index (κ1) is 10.6. The molecule has 15 heavy (non-hydrogen) atoms. The Bertz CT molecular complexity index is 344. The fourth-order valence-electron chi connectivity index (χ4n) is 1.64. The molecule has 0 spiro atoms. The zero-order valence-electron chi connectivity index (χ0n) is 8.95. The van der Waals surface area contributed by atoms with E-state index in [-0.39, 0.29) is 5.91 Å². The van der Waals surface area contributed by atoms with Crippen LogP contribution in [0.4, 0.5) is 0 Å². The van der Waals surface area contributed by atoms with Gasteiger partial charge in [0.25, 0.3) is 0 Å². The maximum Gasteiger partial charge on any atom is 0.223 e. The van der Waals surface area contributed by atoms with Crippen molar-refractivity contribution in [2.45, 2.75) is 32.6 Å². The van der Waals surface area contributed by atoms with Gasteiger partial charge in [0.2, 0.25) is 5.91 Å². The van der Waals surface area contributed by atoms with Crippen LogP contribution in [-0.2, 0) is 11.2 Å². The molecular formula is C11H16N2OS. The molecule has 1 heterocycles. The predicted octanol–water partition coefficient (Wildman–Crippen LogP) is 1.91. The van der Waals surface area contributed by atoms with Crippen LogP contribution in [0.1, 0.15) is 29.1 Å². The summed E-state index contributed by atoms with van der Waals surface area (Å²) in [5.41, 5.74) is 0. The number of aryl methyl sites for hydroxylation is 1. The third-order valence-corrected chi connectivity index (χ3v) is 3.79. The molecule has 2 rings (SSSR count). The largest absolute Gasteiger partial charge is 0.356 e. The van der Waals surface area contributed by atoms with E-state index in [1.54, 1.807) is 11.3 Å². The van der Waals surface area contributed by atoms with Gasteiger partial charge in [0, 0.05) is 30.0 Å². The fourth-order valence-corrected chi connectivity index (χ4v) is 2.44. The van der Waals surface area contributed by atoms with E-state index in [1.807, 2.05) is 13.1 Å². The predicted molar refractivity (Wildman–Crippen MR) is 60.9 cm³/mol.